The molecule has 2 rings (SSSR count). The first-order chi connectivity index (χ1) is 13.1. The van der Waals surface area contributed by atoms with Gasteiger partial charge in [0.15, 0.2) is 5.69 Å². The highest BCUT2D eigenvalue weighted by Crippen LogP contribution is 2.28. The van der Waals surface area contributed by atoms with Crippen molar-refractivity contribution in [1.82, 2.24) is 4.57 Å². The van der Waals surface area contributed by atoms with E-state index in [-0.39, 0.29) is 40.2 Å². The number of amides is 1. The number of carbonyl (C=O) groups excluding carboxylic acids is 1. The van der Waals surface area contributed by atoms with E-state index in [1.807, 2.05) is 0 Å². The molecule has 0 aliphatic rings. The van der Waals surface area contributed by atoms with Crippen molar-refractivity contribution in [3.63, 3.8) is 0 Å². The van der Waals surface area contributed by atoms with Crippen LogP contribution in [0.25, 0.3) is 0 Å². The minimum absolute atomic E-state index is 0.00260. The van der Waals surface area contributed by atoms with E-state index in [1.165, 1.54) is 6.92 Å². The number of benzene rings is 1. The van der Waals surface area contributed by atoms with Gasteiger partial charge in [0.1, 0.15) is 11.3 Å². The first-order valence-electron chi connectivity index (χ1n) is 7.88. The molecule has 28 heavy (non-hydrogen) atoms. The van der Waals surface area contributed by atoms with Gasteiger partial charge in [0.2, 0.25) is 5.88 Å². The van der Waals surface area contributed by atoms with Gasteiger partial charge in [-0.05, 0) is 32.0 Å². The molecule has 0 saturated carbocycles. The van der Waals surface area contributed by atoms with Crippen LogP contribution < -0.4 is 11.3 Å². The summed E-state index contributed by atoms with van der Waals surface area (Å²) in [5, 5.41) is 35.8. The molecule has 0 aliphatic heterocycles. The lowest BCUT2D eigenvalue weighted by atomic mass is 10.1. The van der Waals surface area contributed by atoms with E-state index in [1.54, 1.807) is 6.92 Å². The third-order valence-corrected chi connectivity index (χ3v) is 3.95. The van der Waals surface area contributed by atoms with Crippen molar-refractivity contribution in [2.45, 2.75) is 20.4 Å². The molecular weight excluding hydrogens is 372 g/mol. The Morgan fingerprint density at radius 3 is 2.29 bits per heavy atom. The summed E-state index contributed by atoms with van der Waals surface area (Å²) >= 11 is 0. The maximum atomic E-state index is 12.5. The van der Waals surface area contributed by atoms with Crippen LogP contribution in [0.1, 0.15) is 43.6 Å². The van der Waals surface area contributed by atoms with Crippen LogP contribution >= 0.6 is 0 Å². The lowest BCUT2D eigenvalue weighted by molar-refractivity contribution is 0.0682. The number of hydrogen-bond donors (Lipinski definition) is 4. The second kappa shape index (κ2) is 7.70. The van der Waals surface area contributed by atoms with Gasteiger partial charge in [-0.1, -0.05) is 0 Å². The van der Waals surface area contributed by atoms with Crippen LogP contribution in [0.2, 0.25) is 0 Å². The van der Waals surface area contributed by atoms with E-state index in [2.05, 4.69) is 10.2 Å². The normalized spacial score (nSPS) is 10.9. The van der Waals surface area contributed by atoms with Crippen LogP contribution in [0.4, 0.5) is 11.4 Å². The number of hydrogen-bond acceptors (Lipinski definition) is 7. The van der Waals surface area contributed by atoms with E-state index >= 15 is 0 Å². The van der Waals surface area contributed by atoms with Gasteiger partial charge in [0, 0.05) is 12.1 Å². The van der Waals surface area contributed by atoms with Gasteiger partial charge >= 0.3 is 11.9 Å². The van der Waals surface area contributed by atoms with Gasteiger partial charge < -0.3 is 21.1 Å². The van der Waals surface area contributed by atoms with Crippen molar-refractivity contribution >= 4 is 29.2 Å². The van der Waals surface area contributed by atoms with Crippen LogP contribution in [0.3, 0.4) is 0 Å². The fourth-order valence-electron chi connectivity index (χ4n) is 2.54. The number of carboxylic acid groups (broad SMARTS) is 2. The SMILES string of the molecule is CCn1c(O)c(C(N)=O)c(C)c(N=Nc2cc(C(=O)O)ccc2C(=O)O)c1=O. The monoisotopic (exact) mass is 388 g/mol. The zero-order valence-electron chi connectivity index (χ0n) is 14.8. The molecule has 0 saturated heterocycles. The minimum atomic E-state index is -1.38. The molecule has 0 unspecified atom stereocenters. The molecule has 0 atom stereocenters. The Labute approximate surface area is 157 Å². The molecule has 146 valence electrons. The average Bonchev–Trinajstić information content (AvgIpc) is 2.61. The van der Waals surface area contributed by atoms with Crippen molar-refractivity contribution in [1.29, 1.82) is 0 Å². The van der Waals surface area contributed by atoms with Crippen molar-refractivity contribution in [3.05, 3.63) is 50.8 Å². The minimum Gasteiger partial charge on any atom is -0.494 e. The van der Waals surface area contributed by atoms with Gasteiger partial charge in [-0.2, -0.15) is 0 Å². The molecule has 1 aromatic carbocycles. The highest BCUT2D eigenvalue weighted by atomic mass is 16.4. The Morgan fingerprint density at radius 2 is 1.79 bits per heavy atom. The predicted molar refractivity (Wildman–Crippen MR) is 95.8 cm³/mol. The summed E-state index contributed by atoms with van der Waals surface area (Å²) in [6.45, 7) is 2.87. The smallest absolute Gasteiger partial charge is 0.337 e. The lowest BCUT2D eigenvalue weighted by Gasteiger charge is -2.13. The molecule has 0 bridgehead atoms. The number of aromatic hydroxyl groups is 1. The predicted octanol–water partition coefficient (Wildman–Crippen LogP) is 1.79. The number of azo groups is 1. The third kappa shape index (κ3) is 3.58. The Kier molecular flexibility index (Phi) is 5.58. The first kappa shape index (κ1) is 20.3. The quantitative estimate of drug-likeness (QED) is 0.543. The highest BCUT2D eigenvalue weighted by Gasteiger charge is 2.22. The zero-order valence-corrected chi connectivity index (χ0v) is 14.8. The number of aromatic nitrogens is 1. The molecule has 0 aliphatic carbocycles. The Bertz CT molecular complexity index is 1090. The molecule has 11 nitrogen and oxygen atoms in total. The topological polar surface area (TPSA) is 185 Å². The maximum Gasteiger partial charge on any atom is 0.337 e. The number of primary amides is 1. The molecule has 0 radical (unpaired) electrons. The maximum absolute atomic E-state index is 12.5. The van der Waals surface area contributed by atoms with Crippen LogP contribution in [-0.4, -0.2) is 37.7 Å². The average molecular weight is 388 g/mol. The summed E-state index contributed by atoms with van der Waals surface area (Å²) in [7, 11) is 0. The summed E-state index contributed by atoms with van der Waals surface area (Å²) in [5.41, 5.74) is 2.89. The second-order valence-electron chi connectivity index (χ2n) is 5.63. The summed E-state index contributed by atoms with van der Waals surface area (Å²) in [5.74, 6) is -4.29. The fraction of sp³-hybridized carbons (Fsp3) is 0.176. The molecule has 1 amide bonds. The molecule has 2 aromatic rings. The molecule has 0 fully saturated rings. The Morgan fingerprint density at radius 1 is 1.14 bits per heavy atom. The molecule has 11 heteroatoms. The lowest BCUT2D eigenvalue weighted by Crippen LogP contribution is -2.25. The van der Waals surface area contributed by atoms with Gasteiger partial charge in [-0.25, -0.2) is 9.59 Å². The number of aromatic carboxylic acids is 2. The second-order valence-corrected chi connectivity index (χ2v) is 5.63. The van der Waals surface area contributed by atoms with Crippen molar-refractivity contribution in [2.24, 2.45) is 16.0 Å². The largest absolute Gasteiger partial charge is 0.494 e. The standard InChI is InChI=1S/C17H16N4O7/c1-3-21-14(23)11(13(18)22)7(2)12(15(21)24)20-19-10-6-8(16(25)26)4-5-9(10)17(27)28/h4-6,23H,3H2,1-2H3,(H2,18,22)(H,25,26)(H,27,28). The van der Waals surface area contributed by atoms with Gasteiger partial charge in [0.25, 0.3) is 11.5 Å². The first-order valence-corrected chi connectivity index (χ1v) is 7.88. The number of carboxylic acids is 2. The summed E-state index contributed by atoms with van der Waals surface area (Å²) < 4.78 is 0.854. The Balaban J connectivity index is 2.74. The summed E-state index contributed by atoms with van der Waals surface area (Å²) in [6, 6.07) is 3.12. The van der Waals surface area contributed by atoms with Crippen LogP contribution in [0.15, 0.2) is 33.2 Å². The number of pyridine rings is 1. The van der Waals surface area contributed by atoms with E-state index in [9.17, 15) is 29.4 Å². The van der Waals surface area contributed by atoms with Crippen LogP contribution in [0.5, 0.6) is 5.88 Å². The number of nitrogens with two attached hydrogens (primary N) is 1. The van der Waals surface area contributed by atoms with Crippen LogP contribution in [-0.2, 0) is 6.54 Å². The van der Waals surface area contributed by atoms with Gasteiger partial charge in [0.05, 0.1) is 11.1 Å². The van der Waals surface area contributed by atoms with Crippen molar-refractivity contribution < 1.29 is 29.7 Å². The zero-order chi connectivity index (χ0) is 21.2. The van der Waals surface area contributed by atoms with E-state index in [0.29, 0.717) is 0 Å². The molecular formula is C17H16N4O7. The van der Waals surface area contributed by atoms with Gasteiger partial charge in [-0.3, -0.25) is 14.2 Å². The number of rotatable bonds is 6. The Hall–Kier alpha value is -4.02. The van der Waals surface area contributed by atoms with Crippen molar-refractivity contribution in [2.75, 3.05) is 0 Å². The van der Waals surface area contributed by atoms with Crippen LogP contribution in [0, 0.1) is 6.92 Å². The fourth-order valence-corrected chi connectivity index (χ4v) is 2.54. The number of nitrogens with zero attached hydrogens (tertiary/aromatic N) is 3. The molecule has 0 spiro atoms. The van der Waals surface area contributed by atoms with E-state index in [0.717, 1.165) is 22.8 Å². The highest BCUT2D eigenvalue weighted by molar-refractivity contribution is 5.98. The van der Waals surface area contributed by atoms with E-state index in [4.69, 9.17) is 10.8 Å². The van der Waals surface area contributed by atoms with E-state index < -0.39 is 29.3 Å². The third-order valence-electron chi connectivity index (χ3n) is 3.95. The van der Waals surface area contributed by atoms with Gasteiger partial charge in [-0.15, -0.1) is 10.2 Å². The van der Waals surface area contributed by atoms with Crippen molar-refractivity contribution in [3.8, 4) is 5.88 Å². The molecule has 1 heterocycles. The summed E-state index contributed by atoms with van der Waals surface area (Å²) in [6.07, 6.45) is 0. The molecule has 1 aromatic heterocycles. The summed E-state index contributed by atoms with van der Waals surface area (Å²) in [4.78, 5) is 46.6. The number of carbonyl (C=O) groups is 3. The molecule has 5 N–H and O–H groups in total.